The fourth-order valence-corrected chi connectivity index (χ4v) is 3.69. The Morgan fingerprint density at radius 2 is 2.07 bits per heavy atom. The maximum atomic E-state index is 2.61. The lowest BCUT2D eigenvalue weighted by atomic mass is 10.3. The maximum absolute atomic E-state index is 2.61. The average molecular weight is 220 g/mol. The second kappa shape index (κ2) is 3.72. The molecule has 15 heavy (non-hydrogen) atoms. The summed E-state index contributed by atoms with van der Waals surface area (Å²) in [5.74, 6) is 1.30. The van der Waals surface area contributed by atoms with E-state index in [4.69, 9.17) is 0 Å². The van der Waals surface area contributed by atoms with Crippen LogP contribution in [-0.4, -0.2) is 35.3 Å². The zero-order valence-electron chi connectivity index (χ0n) is 8.97. The number of nitrogens with zero attached hydrogens (tertiary/aromatic N) is 2. The van der Waals surface area contributed by atoms with E-state index in [-0.39, 0.29) is 0 Å². The Hall–Kier alpha value is -0.670. The number of fused-ring (bicyclic) bond motifs is 1. The molecule has 2 saturated heterocycles. The zero-order chi connectivity index (χ0) is 10.3. The van der Waals surface area contributed by atoms with Crippen LogP contribution in [0.25, 0.3) is 0 Å². The van der Waals surface area contributed by atoms with Crippen molar-refractivity contribution < 1.29 is 0 Å². The third-order valence-corrected chi connectivity index (χ3v) is 4.68. The number of rotatable bonds is 1. The summed E-state index contributed by atoms with van der Waals surface area (Å²) in [6.07, 6.45) is 0. The molecule has 3 heteroatoms. The van der Waals surface area contributed by atoms with E-state index in [1.54, 1.807) is 0 Å². The Morgan fingerprint density at radius 1 is 1.27 bits per heavy atom. The molecular weight excluding hydrogens is 204 g/mol. The van der Waals surface area contributed by atoms with E-state index in [1.165, 1.54) is 18.0 Å². The normalized spacial score (nSPS) is 30.9. The Bertz CT molecular complexity index is 341. The van der Waals surface area contributed by atoms with Gasteiger partial charge in [-0.2, -0.15) is 0 Å². The second-order valence-electron chi connectivity index (χ2n) is 4.30. The first kappa shape index (κ1) is 9.55. The summed E-state index contributed by atoms with van der Waals surface area (Å²) in [6, 6.07) is 11.5. The van der Waals surface area contributed by atoms with Crippen LogP contribution < -0.4 is 4.90 Å². The van der Waals surface area contributed by atoms with E-state index in [2.05, 4.69) is 58.8 Å². The molecule has 0 N–H and O–H groups in total. The van der Waals surface area contributed by atoms with Crippen LogP contribution in [0.2, 0.25) is 0 Å². The molecule has 80 valence electrons. The van der Waals surface area contributed by atoms with Gasteiger partial charge < -0.3 is 4.90 Å². The van der Waals surface area contributed by atoms with E-state index in [9.17, 15) is 0 Å². The molecule has 2 heterocycles. The van der Waals surface area contributed by atoms with E-state index in [0.29, 0.717) is 5.37 Å². The summed E-state index contributed by atoms with van der Waals surface area (Å²) in [4.78, 5) is 5.10. The van der Waals surface area contributed by atoms with Gasteiger partial charge in [0.1, 0.15) is 0 Å². The number of hydrogen-bond acceptors (Lipinski definition) is 3. The van der Waals surface area contributed by atoms with Crippen LogP contribution in [0.1, 0.15) is 6.92 Å². The van der Waals surface area contributed by atoms with Gasteiger partial charge in [0.05, 0.1) is 12.0 Å². The molecule has 1 aromatic carbocycles. The first-order valence-electron chi connectivity index (χ1n) is 5.52. The molecule has 3 rings (SSSR count). The van der Waals surface area contributed by atoms with Crippen molar-refractivity contribution in [1.29, 1.82) is 0 Å². The van der Waals surface area contributed by atoms with Gasteiger partial charge in [0.25, 0.3) is 0 Å². The van der Waals surface area contributed by atoms with E-state index in [1.807, 2.05) is 0 Å². The third kappa shape index (κ3) is 1.64. The summed E-state index contributed by atoms with van der Waals surface area (Å²) in [6.45, 7) is 4.61. The highest BCUT2D eigenvalue weighted by Gasteiger charge is 2.38. The second-order valence-corrected chi connectivity index (χ2v) is 5.65. The highest BCUT2D eigenvalue weighted by molar-refractivity contribution is 8.00. The molecule has 2 nitrogen and oxygen atoms in total. The summed E-state index contributed by atoms with van der Waals surface area (Å²) in [7, 11) is 0. The van der Waals surface area contributed by atoms with Gasteiger partial charge in [0.2, 0.25) is 0 Å². The summed E-state index contributed by atoms with van der Waals surface area (Å²) in [5.41, 5.74) is 1.36. The molecule has 0 bridgehead atoms. The predicted molar refractivity (Wildman–Crippen MR) is 66.2 cm³/mol. The highest BCUT2D eigenvalue weighted by Crippen LogP contribution is 2.34. The van der Waals surface area contributed by atoms with Crippen molar-refractivity contribution in [1.82, 2.24) is 4.90 Å². The number of para-hydroxylation sites is 1. The van der Waals surface area contributed by atoms with Crippen LogP contribution in [0.5, 0.6) is 0 Å². The molecule has 1 aromatic rings. The van der Waals surface area contributed by atoms with Gasteiger partial charge in [-0.1, -0.05) is 18.2 Å². The molecule has 0 radical (unpaired) electrons. The molecule has 2 aliphatic heterocycles. The number of anilines is 1. The molecule has 0 aromatic heterocycles. The molecule has 2 atom stereocenters. The van der Waals surface area contributed by atoms with Crippen molar-refractivity contribution in [3.63, 3.8) is 0 Å². The molecule has 0 saturated carbocycles. The number of benzene rings is 1. The van der Waals surface area contributed by atoms with Crippen LogP contribution in [0.3, 0.4) is 0 Å². The van der Waals surface area contributed by atoms with Gasteiger partial charge >= 0.3 is 0 Å². The van der Waals surface area contributed by atoms with Crippen LogP contribution in [0.15, 0.2) is 30.3 Å². The van der Waals surface area contributed by atoms with Crippen molar-refractivity contribution in [3.05, 3.63) is 30.3 Å². The monoisotopic (exact) mass is 220 g/mol. The van der Waals surface area contributed by atoms with Gasteiger partial charge in [-0.05, 0) is 19.1 Å². The Balaban J connectivity index is 1.77. The minimum absolute atomic E-state index is 0.698. The van der Waals surface area contributed by atoms with Gasteiger partial charge in [-0.15, -0.1) is 11.8 Å². The molecule has 0 spiro atoms. The molecule has 2 aliphatic rings. The van der Waals surface area contributed by atoms with Crippen molar-refractivity contribution in [2.24, 2.45) is 0 Å². The molecule has 2 fully saturated rings. The largest absolute Gasteiger partial charge is 0.357 e. The first-order chi connectivity index (χ1) is 7.34. The summed E-state index contributed by atoms with van der Waals surface area (Å²) in [5, 5.41) is 0.698. The van der Waals surface area contributed by atoms with Crippen molar-refractivity contribution >= 4 is 17.4 Å². The van der Waals surface area contributed by atoms with Crippen molar-refractivity contribution in [2.45, 2.75) is 18.3 Å². The van der Waals surface area contributed by atoms with Gasteiger partial charge in [0, 0.05) is 24.0 Å². The minimum atomic E-state index is 0.698. The summed E-state index contributed by atoms with van der Waals surface area (Å²) < 4.78 is 0. The molecular formula is C12H16N2S. The summed E-state index contributed by atoms with van der Waals surface area (Å²) >= 11 is 2.09. The first-order valence-corrected chi connectivity index (χ1v) is 6.57. The van der Waals surface area contributed by atoms with E-state index < -0.39 is 0 Å². The van der Waals surface area contributed by atoms with Crippen molar-refractivity contribution in [3.8, 4) is 0 Å². The SMILES string of the molecule is CC1SCC2CN(c3ccccc3)CN21. The quantitative estimate of drug-likeness (QED) is 0.716. The maximum Gasteiger partial charge on any atom is 0.0720 e. The fraction of sp³-hybridized carbons (Fsp3) is 0.500. The zero-order valence-corrected chi connectivity index (χ0v) is 9.78. The van der Waals surface area contributed by atoms with Crippen LogP contribution in [0.4, 0.5) is 5.69 Å². The van der Waals surface area contributed by atoms with Gasteiger partial charge in [-0.25, -0.2) is 0 Å². The smallest absolute Gasteiger partial charge is 0.0720 e. The number of thioether (sulfide) groups is 1. The lowest BCUT2D eigenvalue weighted by Crippen LogP contribution is -2.30. The molecule has 0 aliphatic carbocycles. The van der Waals surface area contributed by atoms with E-state index in [0.717, 1.165) is 12.7 Å². The fourth-order valence-electron chi connectivity index (χ4n) is 2.46. The lowest BCUT2D eigenvalue weighted by molar-refractivity contribution is 0.289. The van der Waals surface area contributed by atoms with Gasteiger partial charge in [-0.3, -0.25) is 4.90 Å². The Labute approximate surface area is 95.3 Å². The number of hydrogen-bond donors (Lipinski definition) is 0. The average Bonchev–Trinajstić information content (AvgIpc) is 2.83. The Morgan fingerprint density at radius 3 is 2.80 bits per heavy atom. The lowest BCUT2D eigenvalue weighted by Gasteiger charge is -2.21. The molecule has 2 unspecified atom stereocenters. The van der Waals surface area contributed by atoms with Gasteiger partial charge in [0.15, 0.2) is 0 Å². The predicted octanol–water partition coefficient (Wildman–Crippen LogP) is 2.23. The van der Waals surface area contributed by atoms with Crippen LogP contribution >= 0.6 is 11.8 Å². The van der Waals surface area contributed by atoms with Crippen LogP contribution in [0, 0.1) is 0 Å². The minimum Gasteiger partial charge on any atom is -0.357 e. The third-order valence-electron chi connectivity index (χ3n) is 3.35. The van der Waals surface area contributed by atoms with Crippen LogP contribution in [-0.2, 0) is 0 Å². The molecule has 0 amide bonds. The highest BCUT2D eigenvalue weighted by atomic mass is 32.2. The standard InChI is InChI=1S/C12H16N2S/c1-10-14-9-13(7-12(14)8-15-10)11-5-3-2-4-6-11/h2-6,10,12H,7-9H2,1H3. The topological polar surface area (TPSA) is 6.48 Å². The van der Waals surface area contributed by atoms with E-state index >= 15 is 0 Å². The van der Waals surface area contributed by atoms with Crippen molar-refractivity contribution in [2.75, 3.05) is 23.9 Å². The Kier molecular flexibility index (Phi) is 2.37.